The van der Waals surface area contributed by atoms with Crippen molar-refractivity contribution in [2.24, 2.45) is 16.8 Å². The van der Waals surface area contributed by atoms with Crippen molar-refractivity contribution in [2.75, 3.05) is 6.54 Å². The van der Waals surface area contributed by atoms with Crippen LogP contribution in [0.5, 0.6) is 5.75 Å². The van der Waals surface area contributed by atoms with E-state index >= 15 is 0 Å². The first-order valence-electron chi connectivity index (χ1n) is 13.9. The summed E-state index contributed by atoms with van der Waals surface area (Å²) < 4.78 is 0. The number of amides is 4. The lowest BCUT2D eigenvalue weighted by molar-refractivity contribution is -0.142. The number of carboxylic acid groups (broad SMARTS) is 1. The Balaban J connectivity index is 2.01. The van der Waals surface area contributed by atoms with Crippen LogP contribution in [0.1, 0.15) is 38.3 Å². The molecule has 2 aromatic rings. The fraction of sp³-hybridized carbons (Fsp3) is 0.414. The minimum atomic E-state index is -1.22. The van der Waals surface area contributed by atoms with Crippen LogP contribution in [0.15, 0.2) is 53.6 Å². The molecule has 0 radical (unpaired) electrons. The maximum absolute atomic E-state index is 13.1. The van der Waals surface area contributed by atoms with Crippen LogP contribution in [0.25, 0.3) is 10.4 Å². The fourth-order valence-corrected chi connectivity index (χ4v) is 4.09. The first-order chi connectivity index (χ1) is 20.8. The minimum Gasteiger partial charge on any atom is -0.508 e. The van der Waals surface area contributed by atoms with Gasteiger partial charge in [-0.05, 0) is 54.5 Å². The van der Waals surface area contributed by atoms with Crippen LogP contribution in [0, 0.1) is 5.92 Å². The van der Waals surface area contributed by atoms with Gasteiger partial charge in [0, 0.05) is 17.0 Å². The van der Waals surface area contributed by atoms with Crippen LogP contribution in [0.2, 0.25) is 0 Å². The van der Waals surface area contributed by atoms with Gasteiger partial charge in [-0.25, -0.2) is 4.79 Å². The van der Waals surface area contributed by atoms with Crippen LogP contribution in [0.3, 0.4) is 0 Å². The Morgan fingerprint density at radius 1 is 0.841 bits per heavy atom. The molecule has 0 aromatic heterocycles. The van der Waals surface area contributed by atoms with Crippen LogP contribution < -0.4 is 27.0 Å². The number of aromatic hydroxyl groups is 1. The van der Waals surface area contributed by atoms with Crippen molar-refractivity contribution in [3.63, 3.8) is 0 Å². The molecule has 0 unspecified atom stereocenters. The van der Waals surface area contributed by atoms with E-state index in [9.17, 15) is 34.2 Å². The normalized spacial score (nSPS) is 13.4. The van der Waals surface area contributed by atoms with Gasteiger partial charge in [-0.1, -0.05) is 55.4 Å². The van der Waals surface area contributed by atoms with Gasteiger partial charge in [-0.2, -0.15) is 0 Å². The third-order valence-electron chi connectivity index (χ3n) is 6.41. The Bertz CT molecular complexity index is 1360. The number of carbonyl (C=O) groups excluding carboxylic acids is 4. The van der Waals surface area contributed by atoms with Gasteiger partial charge in [0.05, 0.1) is 12.6 Å². The van der Waals surface area contributed by atoms with Gasteiger partial charge < -0.3 is 37.2 Å². The van der Waals surface area contributed by atoms with Gasteiger partial charge >= 0.3 is 5.97 Å². The van der Waals surface area contributed by atoms with Crippen molar-refractivity contribution in [1.82, 2.24) is 21.3 Å². The zero-order valence-electron chi connectivity index (χ0n) is 24.7. The third kappa shape index (κ3) is 12.0. The molecule has 15 nitrogen and oxygen atoms in total. The van der Waals surface area contributed by atoms with Crippen LogP contribution in [-0.4, -0.2) is 70.5 Å². The van der Waals surface area contributed by atoms with E-state index < -0.39 is 60.3 Å². The molecule has 4 amide bonds. The lowest BCUT2D eigenvalue weighted by Crippen LogP contribution is -2.55. The summed E-state index contributed by atoms with van der Waals surface area (Å²) in [5.41, 5.74) is 16.2. The quantitative estimate of drug-likeness (QED) is 0.0823. The molecule has 0 aliphatic heterocycles. The molecule has 0 saturated heterocycles. The molecule has 2 aromatic carbocycles. The number of phenolic OH excluding ortho intramolecular Hbond substituents is 1. The van der Waals surface area contributed by atoms with E-state index in [1.54, 1.807) is 24.3 Å². The van der Waals surface area contributed by atoms with Crippen molar-refractivity contribution >= 4 is 35.3 Å². The summed E-state index contributed by atoms with van der Waals surface area (Å²) in [6, 6.07) is 8.02. The summed E-state index contributed by atoms with van der Waals surface area (Å²) >= 11 is 0. The van der Waals surface area contributed by atoms with Crippen molar-refractivity contribution in [1.29, 1.82) is 0 Å². The van der Waals surface area contributed by atoms with Gasteiger partial charge in [0.15, 0.2) is 0 Å². The molecule has 0 saturated carbocycles. The van der Waals surface area contributed by atoms with E-state index in [1.807, 2.05) is 13.8 Å². The smallest absolute Gasteiger partial charge is 0.326 e. The molecule has 0 heterocycles. The molecule has 0 spiro atoms. The van der Waals surface area contributed by atoms with E-state index in [4.69, 9.17) is 11.3 Å². The Kier molecular flexibility index (Phi) is 13.6. The number of carbonyl (C=O) groups is 5. The Hall–Kier alpha value is -5.14. The van der Waals surface area contributed by atoms with Crippen LogP contribution in [-0.2, 0) is 36.8 Å². The molecule has 15 heteroatoms. The second kappa shape index (κ2) is 17.1. The third-order valence-corrected chi connectivity index (χ3v) is 6.41. The van der Waals surface area contributed by atoms with Crippen molar-refractivity contribution in [3.05, 3.63) is 70.1 Å². The van der Waals surface area contributed by atoms with Crippen molar-refractivity contribution < 1.29 is 34.2 Å². The van der Waals surface area contributed by atoms with E-state index in [1.165, 1.54) is 31.2 Å². The number of nitrogens with zero attached hydrogens (tertiary/aromatic N) is 3. The standard InChI is InChI=1S/C29H38N8O7/c1-16(2)12-24(29(43)44)35-28(42)23(14-19-4-8-20(9-5-19)36-37-31)34-25(39)15-32-26(40)17(3)33-27(41)22(30)13-18-6-10-21(38)11-7-18/h4-11,16-17,22-24,38H,12-15,30H2,1-3H3,(H,32,40)(H,33,41)(H,34,39)(H,35,42)(H,43,44)/t17-,22+,23+,24+/m1/s1. The predicted octanol–water partition coefficient (Wildman–Crippen LogP) is 1.17. The lowest BCUT2D eigenvalue weighted by atomic mass is 10.0. The Morgan fingerprint density at radius 3 is 2.00 bits per heavy atom. The maximum atomic E-state index is 13.1. The number of phenols is 1. The number of azide groups is 1. The molecule has 8 N–H and O–H groups in total. The molecule has 44 heavy (non-hydrogen) atoms. The zero-order chi connectivity index (χ0) is 32.8. The molecule has 236 valence electrons. The first kappa shape index (κ1) is 35.1. The van der Waals surface area contributed by atoms with Gasteiger partial charge in [-0.3, -0.25) is 19.2 Å². The summed E-state index contributed by atoms with van der Waals surface area (Å²) in [5, 5.41) is 32.3. The van der Waals surface area contributed by atoms with Crippen LogP contribution in [0.4, 0.5) is 5.69 Å². The molecule has 0 aliphatic carbocycles. The summed E-state index contributed by atoms with van der Waals surface area (Å²) in [4.78, 5) is 65.3. The number of hydrogen-bond acceptors (Lipinski definition) is 8. The SMILES string of the molecule is CC(C)C[C@H](NC(=O)[C@H](Cc1ccc(N=[N+]=[N-])cc1)NC(=O)CNC(=O)[C@@H](C)NC(=O)[C@@H](N)Cc1ccc(O)cc1)C(=O)O. The number of hydrogen-bond donors (Lipinski definition) is 7. The highest BCUT2D eigenvalue weighted by Crippen LogP contribution is 2.15. The number of benzene rings is 2. The molecule has 0 fully saturated rings. The van der Waals surface area contributed by atoms with E-state index in [0.717, 1.165) is 0 Å². The maximum Gasteiger partial charge on any atom is 0.326 e. The van der Waals surface area contributed by atoms with E-state index in [-0.39, 0.29) is 30.9 Å². The number of aliphatic carboxylic acids is 1. The Labute approximate surface area is 254 Å². The average molecular weight is 611 g/mol. The molecule has 2 rings (SSSR count). The summed E-state index contributed by atoms with van der Waals surface area (Å²) in [6.07, 6.45) is 0.308. The fourth-order valence-electron chi connectivity index (χ4n) is 4.09. The molecule has 0 aliphatic rings. The average Bonchev–Trinajstić information content (AvgIpc) is 2.97. The van der Waals surface area contributed by atoms with Gasteiger partial charge in [-0.15, -0.1) is 0 Å². The van der Waals surface area contributed by atoms with E-state index in [0.29, 0.717) is 16.8 Å². The van der Waals surface area contributed by atoms with Gasteiger partial charge in [0.25, 0.3) is 0 Å². The monoisotopic (exact) mass is 610 g/mol. The number of nitrogens with one attached hydrogen (secondary N) is 4. The minimum absolute atomic E-state index is 0.0263. The highest BCUT2D eigenvalue weighted by Gasteiger charge is 2.28. The number of rotatable bonds is 16. The second-order valence-corrected chi connectivity index (χ2v) is 10.6. The largest absolute Gasteiger partial charge is 0.508 e. The number of nitrogens with two attached hydrogens (primary N) is 1. The molecular weight excluding hydrogens is 572 g/mol. The van der Waals surface area contributed by atoms with Gasteiger partial charge in [0.1, 0.15) is 23.9 Å². The van der Waals surface area contributed by atoms with E-state index in [2.05, 4.69) is 31.3 Å². The predicted molar refractivity (Wildman–Crippen MR) is 160 cm³/mol. The van der Waals surface area contributed by atoms with Crippen molar-refractivity contribution in [2.45, 2.75) is 64.2 Å². The Morgan fingerprint density at radius 2 is 1.43 bits per heavy atom. The summed E-state index contributed by atoms with van der Waals surface area (Å²) in [7, 11) is 0. The molecule has 0 bridgehead atoms. The summed E-state index contributed by atoms with van der Waals surface area (Å²) in [5.74, 6) is -3.92. The highest BCUT2D eigenvalue weighted by atomic mass is 16.4. The number of carboxylic acids is 1. The van der Waals surface area contributed by atoms with Crippen LogP contribution >= 0.6 is 0 Å². The topological polar surface area (TPSA) is 249 Å². The second-order valence-electron chi connectivity index (χ2n) is 10.6. The first-order valence-corrected chi connectivity index (χ1v) is 13.9. The van der Waals surface area contributed by atoms with Gasteiger partial charge in [0.2, 0.25) is 23.6 Å². The lowest BCUT2D eigenvalue weighted by Gasteiger charge is -2.23. The highest BCUT2D eigenvalue weighted by molar-refractivity contribution is 5.94. The van der Waals surface area contributed by atoms with Crippen molar-refractivity contribution in [3.8, 4) is 5.75 Å². The zero-order valence-corrected chi connectivity index (χ0v) is 24.7. The summed E-state index contributed by atoms with van der Waals surface area (Å²) in [6.45, 7) is 4.49. The molecular formula is C29H38N8O7. The molecule has 4 atom stereocenters.